The lowest BCUT2D eigenvalue weighted by Crippen LogP contribution is -1.93. The van der Waals surface area contributed by atoms with Crippen LogP contribution in [0.3, 0.4) is 0 Å². The Bertz CT molecular complexity index is 420. The molecule has 0 radical (unpaired) electrons. The van der Waals surface area contributed by atoms with Crippen molar-refractivity contribution in [3.63, 3.8) is 0 Å². The summed E-state index contributed by atoms with van der Waals surface area (Å²) in [5.74, 6) is 2.52. The summed E-state index contributed by atoms with van der Waals surface area (Å²) in [6.07, 6.45) is 12.1. The van der Waals surface area contributed by atoms with Gasteiger partial charge in [0, 0.05) is 17.3 Å². The molecule has 0 unspecified atom stereocenters. The molecule has 2 aromatic heterocycles. The van der Waals surface area contributed by atoms with E-state index in [1.165, 1.54) is 0 Å². The van der Waals surface area contributed by atoms with E-state index >= 15 is 0 Å². The van der Waals surface area contributed by atoms with Crippen molar-refractivity contribution in [1.29, 1.82) is 0 Å². The van der Waals surface area contributed by atoms with Gasteiger partial charge in [-0.2, -0.15) is 5.10 Å². The fourth-order valence-electron chi connectivity index (χ4n) is 1.12. The summed E-state index contributed by atoms with van der Waals surface area (Å²) < 4.78 is 6.67. The Labute approximate surface area is 76.0 Å². The van der Waals surface area contributed by atoms with Crippen LogP contribution in [0.5, 0.6) is 0 Å². The number of hydrogen-bond acceptors (Lipinski definition) is 2. The molecule has 0 saturated carbocycles. The van der Waals surface area contributed by atoms with Gasteiger partial charge in [-0.15, -0.1) is 6.42 Å². The molecule has 0 saturated heterocycles. The van der Waals surface area contributed by atoms with Crippen LogP contribution in [0.1, 0.15) is 0 Å². The van der Waals surface area contributed by atoms with Crippen LogP contribution < -0.4 is 0 Å². The van der Waals surface area contributed by atoms with Crippen molar-refractivity contribution in [3.05, 3.63) is 31.0 Å². The molecule has 3 heteroatoms. The molecule has 0 aromatic carbocycles. The average Bonchev–Trinajstić information content (AvgIpc) is 2.70. The van der Waals surface area contributed by atoms with E-state index < -0.39 is 0 Å². The second-order valence-corrected chi connectivity index (χ2v) is 2.64. The smallest absolute Gasteiger partial charge is 0.101 e. The molecule has 0 aliphatic heterocycles. The summed E-state index contributed by atoms with van der Waals surface area (Å²) in [4.78, 5) is 0. The maximum atomic E-state index is 5.16. The highest BCUT2D eigenvalue weighted by Gasteiger charge is 2.01. The Morgan fingerprint density at radius 2 is 2.46 bits per heavy atom. The van der Waals surface area contributed by atoms with Gasteiger partial charge < -0.3 is 4.42 Å². The molecule has 64 valence electrons. The monoisotopic (exact) mass is 172 g/mol. The van der Waals surface area contributed by atoms with Gasteiger partial charge in [-0.25, -0.2) is 0 Å². The zero-order chi connectivity index (χ0) is 9.10. The Morgan fingerprint density at radius 1 is 1.54 bits per heavy atom. The second-order valence-electron chi connectivity index (χ2n) is 2.64. The Morgan fingerprint density at radius 3 is 3.15 bits per heavy atom. The average molecular weight is 172 g/mol. The van der Waals surface area contributed by atoms with E-state index in [-0.39, 0.29) is 0 Å². The second kappa shape index (κ2) is 3.20. The predicted octanol–water partition coefficient (Wildman–Crippen LogP) is 1.78. The van der Waals surface area contributed by atoms with E-state index in [1.54, 1.807) is 23.4 Å². The van der Waals surface area contributed by atoms with E-state index in [0.29, 0.717) is 6.54 Å². The molecule has 0 aliphatic carbocycles. The lowest BCUT2D eigenvalue weighted by molar-refractivity contribution is 0.568. The number of nitrogens with zero attached hydrogens (tertiary/aromatic N) is 2. The van der Waals surface area contributed by atoms with Crippen molar-refractivity contribution >= 4 is 0 Å². The molecular weight excluding hydrogens is 164 g/mol. The van der Waals surface area contributed by atoms with E-state index in [0.717, 1.165) is 11.1 Å². The van der Waals surface area contributed by atoms with Crippen LogP contribution >= 0.6 is 0 Å². The minimum absolute atomic E-state index is 0.498. The molecule has 0 amide bonds. The van der Waals surface area contributed by atoms with Gasteiger partial charge in [0.2, 0.25) is 0 Å². The molecule has 0 aliphatic rings. The summed E-state index contributed by atoms with van der Waals surface area (Å²) in [5, 5.41) is 4.09. The van der Waals surface area contributed by atoms with Gasteiger partial charge in [0.15, 0.2) is 0 Å². The van der Waals surface area contributed by atoms with Crippen molar-refractivity contribution in [2.24, 2.45) is 0 Å². The minimum Gasteiger partial charge on any atom is -0.472 e. The first-order valence-electron chi connectivity index (χ1n) is 3.88. The van der Waals surface area contributed by atoms with Gasteiger partial charge in [0.25, 0.3) is 0 Å². The highest BCUT2D eigenvalue weighted by atomic mass is 16.3. The molecule has 0 bridgehead atoms. The van der Waals surface area contributed by atoms with E-state index in [4.69, 9.17) is 10.8 Å². The highest BCUT2D eigenvalue weighted by Crippen LogP contribution is 2.18. The summed E-state index contributed by atoms with van der Waals surface area (Å²) in [7, 11) is 0. The lowest BCUT2D eigenvalue weighted by Gasteiger charge is -1.89. The highest BCUT2D eigenvalue weighted by molar-refractivity contribution is 5.59. The zero-order valence-electron chi connectivity index (χ0n) is 6.97. The normalized spacial score (nSPS) is 9.77. The lowest BCUT2D eigenvalue weighted by atomic mass is 10.2. The SMILES string of the molecule is C#CCn1cc(-c2ccoc2)cn1. The molecule has 0 spiro atoms. The van der Waals surface area contributed by atoms with Crippen LogP contribution in [0.2, 0.25) is 0 Å². The quantitative estimate of drug-likeness (QED) is 0.646. The number of hydrogen-bond donors (Lipinski definition) is 0. The maximum absolute atomic E-state index is 5.16. The van der Waals surface area contributed by atoms with Gasteiger partial charge in [-0.1, -0.05) is 5.92 Å². The van der Waals surface area contributed by atoms with Gasteiger partial charge in [0.05, 0.1) is 18.7 Å². The Hall–Kier alpha value is -1.95. The summed E-state index contributed by atoms with van der Waals surface area (Å²) >= 11 is 0. The molecule has 2 heterocycles. The summed E-state index contributed by atoms with van der Waals surface area (Å²) in [6, 6.07) is 1.89. The molecule has 3 nitrogen and oxygen atoms in total. The van der Waals surface area contributed by atoms with Gasteiger partial charge in [-0.05, 0) is 6.07 Å². The number of furan rings is 1. The first-order chi connectivity index (χ1) is 6.40. The van der Waals surface area contributed by atoms with Crippen LogP contribution in [0, 0.1) is 12.3 Å². The van der Waals surface area contributed by atoms with Crippen LogP contribution in [0.4, 0.5) is 0 Å². The first kappa shape index (κ1) is 7.69. The third-order valence-corrected chi connectivity index (χ3v) is 1.74. The summed E-state index contributed by atoms with van der Waals surface area (Å²) in [6.45, 7) is 0.498. The Balaban J connectivity index is 2.29. The van der Waals surface area contributed by atoms with Crippen LogP contribution in [-0.4, -0.2) is 9.78 Å². The molecule has 0 fully saturated rings. The van der Waals surface area contributed by atoms with E-state index in [1.807, 2.05) is 12.3 Å². The van der Waals surface area contributed by atoms with Crippen LogP contribution in [0.15, 0.2) is 35.4 Å². The zero-order valence-corrected chi connectivity index (χ0v) is 6.97. The van der Waals surface area contributed by atoms with Crippen molar-refractivity contribution in [3.8, 4) is 23.5 Å². The number of rotatable bonds is 2. The minimum atomic E-state index is 0.498. The largest absolute Gasteiger partial charge is 0.472 e. The van der Waals surface area contributed by atoms with Crippen molar-refractivity contribution in [1.82, 2.24) is 9.78 Å². The fraction of sp³-hybridized carbons (Fsp3) is 0.100. The number of terminal acetylenes is 1. The van der Waals surface area contributed by atoms with Crippen molar-refractivity contribution in [2.75, 3.05) is 0 Å². The molecular formula is C10H8N2O. The third kappa shape index (κ3) is 1.47. The van der Waals surface area contributed by atoms with E-state index in [9.17, 15) is 0 Å². The number of aromatic nitrogens is 2. The van der Waals surface area contributed by atoms with Crippen molar-refractivity contribution in [2.45, 2.75) is 6.54 Å². The molecule has 13 heavy (non-hydrogen) atoms. The van der Waals surface area contributed by atoms with Crippen molar-refractivity contribution < 1.29 is 4.42 Å². The predicted molar refractivity (Wildman–Crippen MR) is 48.8 cm³/mol. The third-order valence-electron chi connectivity index (χ3n) is 1.74. The molecule has 0 atom stereocenters. The summed E-state index contributed by atoms with van der Waals surface area (Å²) in [5.41, 5.74) is 2.03. The van der Waals surface area contributed by atoms with Crippen LogP contribution in [0.25, 0.3) is 11.1 Å². The Kier molecular flexibility index (Phi) is 1.89. The van der Waals surface area contributed by atoms with Gasteiger partial charge in [-0.3, -0.25) is 4.68 Å². The maximum Gasteiger partial charge on any atom is 0.101 e. The standard InChI is InChI=1S/C10H8N2O/c1-2-4-12-7-10(6-11-12)9-3-5-13-8-9/h1,3,5-8H,4H2. The topological polar surface area (TPSA) is 31.0 Å². The fourth-order valence-corrected chi connectivity index (χ4v) is 1.12. The van der Waals surface area contributed by atoms with Gasteiger partial charge >= 0.3 is 0 Å². The van der Waals surface area contributed by atoms with E-state index in [2.05, 4.69) is 11.0 Å². The van der Waals surface area contributed by atoms with Crippen LogP contribution in [-0.2, 0) is 6.54 Å². The molecule has 2 rings (SSSR count). The molecule has 2 aromatic rings. The van der Waals surface area contributed by atoms with Gasteiger partial charge in [0.1, 0.15) is 6.54 Å². The molecule has 0 N–H and O–H groups in total. The first-order valence-corrected chi connectivity index (χ1v) is 3.88.